The number of H-pyrrole nitrogens is 2. The molecule has 0 unspecified atom stereocenters. The number of hydrogen-bond donors (Lipinski definition) is 2. The molecule has 5 rings (SSSR count). The van der Waals surface area contributed by atoms with E-state index < -0.39 is 0 Å². The van der Waals surface area contributed by atoms with Gasteiger partial charge in [-0.3, -0.25) is 4.98 Å². The van der Waals surface area contributed by atoms with Crippen molar-refractivity contribution in [2.75, 3.05) is 0 Å². The normalized spacial score (nSPS) is 11.7. The zero-order chi connectivity index (χ0) is 15.4. The van der Waals surface area contributed by atoms with Gasteiger partial charge in [0.1, 0.15) is 0 Å². The third-order valence-electron chi connectivity index (χ3n) is 4.21. The van der Waals surface area contributed by atoms with E-state index in [2.05, 4.69) is 50.3 Å². The van der Waals surface area contributed by atoms with E-state index in [0.717, 1.165) is 44.0 Å². The quantitative estimate of drug-likeness (QED) is 0.461. The summed E-state index contributed by atoms with van der Waals surface area (Å²) in [4.78, 5) is 15.2. The molecule has 0 fully saturated rings. The first-order chi connectivity index (χ1) is 11.3. The van der Waals surface area contributed by atoms with Crippen LogP contribution in [-0.4, -0.2) is 19.9 Å². The number of benzene rings is 2. The molecule has 3 aromatic heterocycles. The van der Waals surface area contributed by atoms with Crippen LogP contribution in [0.3, 0.4) is 0 Å². The van der Waals surface area contributed by atoms with E-state index in [9.17, 15) is 0 Å². The first-order valence-electron chi connectivity index (χ1n) is 7.28. The zero-order valence-electron chi connectivity index (χ0n) is 12.0. The van der Waals surface area contributed by atoms with Crippen molar-refractivity contribution in [3.8, 4) is 11.1 Å². The van der Waals surface area contributed by atoms with E-state index in [4.69, 9.17) is 11.6 Å². The van der Waals surface area contributed by atoms with Crippen LogP contribution in [0.1, 0.15) is 0 Å². The first-order valence-corrected chi connectivity index (χ1v) is 7.66. The van der Waals surface area contributed by atoms with Gasteiger partial charge in [0.25, 0.3) is 0 Å². The number of fused-ring (bicyclic) bond motifs is 4. The minimum Gasteiger partial charge on any atom is -0.361 e. The maximum absolute atomic E-state index is 6.51. The number of aromatic amines is 2. The predicted molar refractivity (Wildman–Crippen MR) is 93.7 cm³/mol. The Bertz CT molecular complexity index is 1190. The van der Waals surface area contributed by atoms with Gasteiger partial charge in [-0.2, -0.15) is 0 Å². The van der Waals surface area contributed by atoms with Gasteiger partial charge in [0.05, 0.1) is 34.1 Å². The monoisotopic (exact) mass is 318 g/mol. The Labute approximate surface area is 136 Å². The van der Waals surface area contributed by atoms with Crippen LogP contribution in [0.5, 0.6) is 0 Å². The molecule has 4 nitrogen and oxygen atoms in total. The van der Waals surface area contributed by atoms with Gasteiger partial charge in [0.15, 0.2) is 0 Å². The summed E-state index contributed by atoms with van der Waals surface area (Å²) in [6.45, 7) is 0. The lowest BCUT2D eigenvalue weighted by molar-refractivity contribution is 1.34. The van der Waals surface area contributed by atoms with Gasteiger partial charge in [0.2, 0.25) is 0 Å². The summed E-state index contributed by atoms with van der Waals surface area (Å²) in [6.07, 6.45) is 5.41. The van der Waals surface area contributed by atoms with Gasteiger partial charge in [0, 0.05) is 22.7 Å². The number of nitrogens with zero attached hydrogens (tertiary/aromatic N) is 2. The zero-order valence-corrected chi connectivity index (χ0v) is 12.7. The topological polar surface area (TPSA) is 57.4 Å². The lowest BCUT2D eigenvalue weighted by Crippen LogP contribution is -1.86. The molecule has 0 spiro atoms. The fourth-order valence-corrected chi connectivity index (χ4v) is 3.32. The Hall–Kier alpha value is -2.85. The van der Waals surface area contributed by atoms with Crippen LogP contribution in [0.25, 0.3) is 44.0 Å². The van der Waals surface area contributed by atoms with Crippen LogP contribution in [0.15, 0.2) is 55.1 Å². The van der Waals surface area contributed by atoms with Crippen molar-refractivity contribution in [2.45, 2.75) is 0 Å². The van der Waals surface area contributed by atoms with Crippen molar-refractivity contribution in [2.24, 2.45) is 0 Å². The SMILES string of the molecule is Clc1cc2ncc3[nH]cnc3c2cc1-c1ccc2[nH]ccc2c1. The number of aromatic nitrogens is 4. The summed E-state index contributed by atoms with van der Waals surface area (Å²) >= 11 is 6.51. The third-order valence-corrected chi connectivity index (χ3v) is 4.52. The smallest absolute Gasteiger partial charge is 0.0992 e. The van der Waals surface area contributed by atoms with Crippen molar-refractivity contribution in [3.05, 3.63) is 60.1 Å². The molecule has 0 amide bonds. The standard InChI is InChI=1S/C18H11ClN4/c19-14-7-16-13(18-17(8-21-16)22-9-23-18)6-12(14)10-1-2-15-11(5-10)3-4-20-15/h1-9,20H,(H,22,23). The van der Waals surface area contributed by atoms with Gasteiger partial charge in [-0.05, 0) is 41.3 Å². The first kappa shape index (κ1) is 12.7. The molecule has 0 radical (unpaired) electrons. The number of pyridine rings is 1. The highest BCUT2D eigenvalue weighted by atomic mass is 35.5. The second-order valence-corrected chi connectivity index (χ2v) is 5.96. The Morgan fingerprint density at radius 2 is 1.87 bits per heavy atom. The molecule has 3 heterocycles. The molecule has 0 aliphatic carbocycles. The van der Waals surface area contributed by atoms with E-state index in [1.54, 1.807) is 12.5 Å². The highest BCUT2D eigenvalue weighted by Gasteiger charge is 2.11. The number of imidazole rings is 1. The van der Waals surface area contributed by atoms with Crippen LogP contribution < -0.4 is 0 Å². The average Bonchev–Trinajstić information content (AvgIpc) is 3.22. The fraction of sp³-hybridized carbons (Fsp3) is 0. The van der Waals surface area contributed by atoms with Crippen LogP contribution in [0, 0.1) is 0 Å². The number of halogens is 1. The van der Waals surface area contributed by atoms with Crippen LogP contribution >= 0.6 is 11.6 Å². The van der Waals surface area contributed by atoms with Gasteiger partial charge >= 0.3 is 0 Å². The summed E-state index contributed by atoms with van der Waals surface area (Å²) in [5.74, 6) is 0. The Morgan fingerprint density at radius 3 is 2.83 bits per heavy atom. The largest absolute Gasteiger partial charge is 0.361 e. The van der Waals surface area contributed by atoms with Crippen molar-refractivity contribution in [1.29, 1.82) is 0 Å². The molecule has 0 aliphatic heterocycles. The second-order valence-electron chi connectivity index (χ2n) is 5.55. The maximum Gasteiger partial charge on any atom is 0.0992 e. The molecular weight excluding hydrogens is 308 g/mol. The summed E-state index contributed by atoms with van der Waals surface area (Å²) < 4.78 is 0. The van der Waals surface area contributed by atoms with Crippen LogP contribution in [0.4, 0.5) is 0 Å². The minimum atomic E-state index is 0.690. The molecule has 0 atom stereocenters. The maximum atomic E-state index is 6.51. The van der Waals surface area contributed by atoms with Crippen molar-refractivity contribution in [1.82, 2.24) is 19.9 Å². The van der Waals surface area contributed by atoms with E-state index in [-0.39, 0.29) is 0 Å². The highest BCUT2D eigenvalue weighted by molar-refractivity contribution is 6.34. The second kappa shape index (κ2) is 4.57. The highest BCUT2D eigenvalue weighted by Crippen LogP contribution is 2.34. The average molecular weight is 319 g/mol. The molecule has 2 aromatic carbocycles. The molecule has 0 bridgehead atoms. The molecule has 0 saturated carbocycles. The van der Waals surface area contributed by atoms with E-state index in [1.807, 2.05) is 12.3 Å². The van der Waals surface area contributed by atoms with Crippen molar-refractivity contribution in [3.63, 3.8) is 0 Å². The van der Waals surface area contributed by atoms with E-state index in [1.165, 1.54) is 0 Å². The number of hydrogen-bond acceptors (Lipinski definition) is 2. The van der Waals surface area contributed by atoms with Gasteiger partial charge in [-0.15, -0.1) is 0 Å². The Morgan fingerprint density at radius 1 is 0.913 bits per heavy atom. The predicted octanol–water partition coefficient (Wildman–Crippen LogP) is 4.91. The molecular formula is C18H11ClN4. The Balaban J connectivity index is 1.83. The van der Waals surface area contributed by atoms with E-state index >= 15 is 0 Å². The number of rotatable bonds is 1. The molecule has 0 aliphatic rings. The number of nitrogens with one attached hydrogen (secondary N) is 2. The summed E-state index contributed by atoms with van der Waals surface area (Å²) in [5.41, 5.74) is 5.86. The molecule has 110 valence electrons. The summed E-state index contributed by atoms with van der Waals surface area (Å²) in [7, 11) is 0. The lowest BCUT2D eigenvalue weighted by Gasteiger charge is -2.08. The third kappa shape index (κ3) is 1.85. The van der Waals surface area contributed by atoms with Crippen LogP contribution in [0.2, 0.25) is 5.02 Å². The van der Waals surface area contributed by atoms with Gasteiger partial charge in [-0.25, -0.2) is 4.98 Å². The van der Waals surface area contributed by atoms with Crippen LogP contribution in [-0.2, 0) is 0 Å². The molecule has 5 heteroatoms. The molecule has 0 saturated heterocycles. The van der Waals surface area contributed by atoms with Crippen molar-refractivity contribution < 1.29 is 0 Å². The summed E-state index contributed by atoms with van der Waals surface area (Å²) in [5, 5.41) is 2.85. The summed E-state index contributed by atoms with van der Waals surface area (Å²) in [6, 6.07) is 12.3. The van der Waals surface area contributed by atoms with Crippen molar-refractivity contribution >= 4 is 44.4 Å². The molecule has 23 heavy (non-hydrogen) atoms. The van der Waals surface area contributed by atoms with Gasteiger partial charge < -0.3 is 9.97 Å². The minimum absolute atomic E-state index is 0.690. The Kier molecular flexibility index (Phi) is 2.52. The fourth-order valence-electron chi connectivity index (χ4n) is 3.05. The molecule has 2 N–H and O–H groups in total. The van der Waals surface area contributed by atoms with E-state index in [0.29, 0.717) is 5.02 Å². The lowest BCUT2D eigenvalue weighted by atomic mass is 10.0. The van der Waals surface area contributed by atoms with Gasteiger partial charge in [-0.1, -0.05) is 17.7 Å². The molecule has 5 aromatic rings.